The standard InChI is InChI=1S/C20H21N3O6S/c1-4-28-10-15(24)21-18-16-14(11-30-18)17(20(26)29-5-2)22-23(19(16)25)12-6-8-13(27-3)9-7-12/h6-9,11H,4-5,10H2,1-3H3,(H,21,24). The van der Waals surface area contributed by atoms with Gasteiger partial charge in [-0.1, -0.05) is 0 Å². The number of esters is 1. The second kappa shape index (κ2) is 9.51. The second-order valence-corrected chi connectivity index (χ2v) is 6.90. The smallest absolute Gasteiger partial charge is 0.359 e. The third-order valence-corrected chi connectivity index (χ3v) is 5.02. The number of hydrogen-bond donors (Lipinski definition) is 1. The van der Waals surface area contributed by atoms with E-state index in [0.29, 0.717) is 28.4 Å². The number of anilines is 1. The summed E-state index contributed by atoms with van der Waals surface area (Å²) in [6, 6.07) is 6.65. The zero-order chi connectivity index (χ0) is 21.7. The Morgan fingerprint density at radius 2 is 1.90 bits per heavy atom. The molecule has 3 rings (SSSR count). The van der Waals surface area contributed by atoms with Crippen LogP contribution in [0, 0.1) is 0 Å². The van der Waals surface area contributed by atoms with Gasteiger partial charge >= 0.3 is 5.97 Å². The van der Waals surface area contributed by atoms with Crippen molar-refractivity contribution in [3.8, 4) is 11.4 Å². The predicted octanol–water partition coefficient (Wildman–Crippen LogP) is 2.61. The molecule has 0 radical (unpaired) electrons. The second-order valence-electron chi connectivity index (χ2n) is 6.02. The predicted molar refractivity (Wildman–Crippen MR) is 113 cm³/mol. The summed E-state index contributed by atoms with van der Waals surface area (Å²) >= 11 is 1.13. The van der Waals surface area contributed by atoms with Crippen molar-refractivity contribution in [2.24, 2.45) is 0 Å². The fraction of sp³-hybridized carbons (Fsp3) is 0.300. The molecule has 0 saturated carbocycles. The summed E-state index contributed by atoms with van der Waals surface area (Å²) in [7, 11) is 1.53. The van der Waals surface area contributed by atoms with Crippen LogP contribution < -0.4 is 15.6 Å². The number of fused-ring (bicyclic) bond motifs is 1. The third kappa shape index (κ3) is 4.34. The summed E-state index contributed by atoms with van der Waals surface area (Å²) in [5, 5.41) is 9.34. The summed E-state index contributed by atoms with van der Waals surface area (Å²) in [6.45, 7) is 3.87. The van der Waals surface area contributed by atoms with Crippen molar-refractivity contribution in [1.29, 1.82) is 0 Å². The summed E-state index contributed by atoms with van der Waals surface area (Å²) in [5.74, 6) is -0.446. The van der Waals surface area contributed by atoms with Crippen LogP contribution in [-0.2, 0) is 14.3 Å². The van der Waals surface area contributed by atoms with Crippen molar-refractivity contribution in [2.75, 3.05) is 32.2 Å². The van der Waals surface area contributed by atoms with Crippen LogP contribution in [-0.4, -0.2) is 48.6 Å². The Labute approximate surface area is 176 Å². The van der Waals surface area contributed by atoms with Crippen molar-refractivity contribution in [2.45, 2.75) is 13.8 Å². The van der Waals surface area contributed by atoms with Crippen molar-refractivity contribution in [1.82, 2.24) is 9.78 Å². The van der Waals surface area contributed by atoms with Gasteiger partial charge in [-0.05, 0) is 38.1 Å². The SMILES string of the molecule is CCOCC(=O)Nc1scc2c(C(=O)OCC)nn(-c3ccc(OC)cc3)c(=O)c12. The van der Waals surface area contributed by atoms with Crippen LogP contribution in [0.3, 0.4) is 0 Å². The molecule has 30 heavy (non-hydrogen) atoms. The zero-order valence-electron chi connectivity index (χ0n) is 16.8. The highest BCUT2D eigenvalue weighted by Crippen LogP contribution is 2.30. The number of rotatable bonds is 8. The van der Waals surface area contributed by atoms with Crippen LogP contribution >= 0.6 is 11.3 Å². The van der Waals surface area contributed by atoms with Crippen molar-refractivity contribution < 1.29 is 23.8 Å². The maximum Gasteiger partial charge on any atom is 0.359 e. The number of nitrogens with zero attached hydrogens (tertiary/aromatic N) is 2. The molecule has 3 aromatic rings. The normalized spacial score (nSPS) is 10.8. The highest BCUT2D eigenvalue weighted by Gasteiger charge is 2.23. The van der Waals surface area contributed by atoms with Gasteiger partial charge in [-0.3, -0.25) is 9.59 Å². The molecule has 1 aromatic carbocycles. The largest absolute Gasteiger partial charge is 0.497 e. The molecule has 0 saturated heterocycles. The molecular weight excluding hydrogens is 410 g/mol. The van der Waals surface area contributed by atoms with Gasteiger partial charge in [-0.2, -0.15) is 9.78 Å². The van der Waals surface area contributed by atoms with E-state index in [2.05, 4.69) is 10.4 Å². The molecule has 0 unspecified atom stereocenters. The molecule has 9 nitrogen and oxygen atoms in total. The van der Waals surface area contributed by atoms with Crippen molar-refractivity contribution >= 4 is 39.0 Å². The van der Waals surface area contributed by atoms with E-state index in [1.807, 2.05) is 0 Å². The minimum Gasteiger partial charge on any atom is -0.497 e. The lowest BCUT2D eigenvalue weighted by atomic mass is 10.2. The first-order valence-electron chi connectivity index (χ1n) is 9.23. The Morgan fingerprint density at radius 3 is 2.53 bits per heavy atom. The van der Waals surface area contributed by atoms with Gasteiger partial charge in [0.15, 0.2) is 5.69 Å². The molecular formula is C20H21N3O6S. The molecule has 0 fully saturated rings. The molecule has 1 N–H and O–H groups in total. The van der Waals surface area contributed by atoms with E-state index in [9.17, 15) is 14.4 Å². The number of carbonyl (C=O) groups is 2. The first kappa shape index (κ1) is 21.5. The van der Waals surface area contributed by atoms with Crippen LogP contribution in [0.4, 0.5) is 5.00 Å². The molecule has 0 aliphatic rings. The van der Waals surface area contributed by atoms with Gasteiger partial charge in [-0.25, -0.2) is 4.79 Å². The Morgan fingerprint density at radius 1 is 1.17 bits per heavy atom. The van der Waals surface area contributed by atoms with Gasteiger partial charge in [0.2, 0.25) is 0 Å². The Balaban J connectivity index is 2.17. The molecule has 0 atom stereocenters. The maximum atomic E-state index is 13.2. The fourth-order valence-electron chi connectivity index (χ4n) is 2.75. The van der Waals surface area contributed by atoms with Gasteiger partial charge < -0.3 is 19.5 Å². The lowest BCUT2D eigenvalue weighted by Gasteiger charge is -2.10. The van der Waals surface area contributed by atoms with Gasteiger partial charge in [0.25, 0.3) is 11.5 Å². The summed E-state index contributed by atoms with van der Waals surface area (Å²) < 4.78 is 16.5. The van der Waals surface area contributed by atoms with Gasteiger partial charge in [-0.15, -0.1) is 11.3 Å². The monoisotopic (exact) mass is 431 g/mol. The van der Waals surface area contributed by atoms with E-state index in [1.54, 1.807) is 43.5 Å². The van der Waals surface area contributed by atoms with Gasteiger partial charge in [0, 0.05) is 17.4 Å². The molecule has 0 spiro atoms. The third-order valence-electron chi connectivity index (χ3n) is 4.13. The molecule has 0 aliphatic carbocycles. The number of ether oxygens (including phenoxy) is 3. The van der Waals surface area contributed by atoms with Crippen LogP contribution in [0.5, 0.6) is 5.75 Å². The molecule has 0 aliphatic heterocycles. The number of amides is 1. The number of nitrogens with one attached hydrogen (secondary N) is 1. The highest BCUT2D eigenvalue weighted by molar-refractivity contribution is 7.16. The quantitative estimate of drug-likeness (QED) is 0.546. The lowest BCUT2D eigenvalue weighted by Crippen LogP contribution is -2.26. The molecule has 2 aromatic heterocycles. The van der Waals surface area contributed by atoms with Crippen LogP contribution in [0.25, 0.3) is 16.5 Å². The first-order chi connectivity index (χ1) is 14.5. The molecule has 1 amide bonds. The van der Waals surface area contributed by atoms with Crippen LogP contribution in [0.2, 0.25) is 0 Å². The number of methoxy groups -OCH3 is 1. The topological polar surface area (TPSA) is 109 Å². The molecule has 2 heterocycles. The van der Waals surface area contributed by atoms with E-state index in [0.717, 1.165) is 16.0 Å². The maximum absolute atomic E-state index is 13.2. The number of carbonyl (C=O) groups excluding carboxylic acids is 2. The number of hydrogen-bond acceptors (Lipinski definition) is 8. The molecule has 158 valence electrons. The number of thiophene rings is 1. The zero-order valence-corrected chi connectivity index (χ0v) is 17.6. The van der Waals surface area contributed by atoms with Gasteiger partial charge in [0.1, 0.15) is 17.4 Å². The average Bonchev–Trinajstić information content (AvgIpc) is 3.17. The summed E-state index contributed by atoms with van der Waals surface area (Å²) in [5.41, 5.74) is -0.0500. The first-order valence-corrected chi connectivity index (χ1v) is 10.1. The number of aromatic nitrogens is 2. The highest BCUT2D eigenvalue weighted by atomic mass is 32.1. The minimum absolute atomic E-state index is 0.0103. The molecule has 0 bridgehead atoms. The average molecular weight is 431 g/mol. The van der Waals surface area contributed by atoms with E-state index in [4.69, 9.17) is 14.2 Å². The van der Waals surface area contributed by atoms with E-state index < -0.39 is 17.4 Å². The van der Waals surface area contributed by atoms with Crippen molar-refractivity contribution in [3.63, 3.8) is 0 Å². The lowest BCUT2D eigenvalue weighted by molar-refractivity contribution is -0.120. The number of benzene rings is 1. The summed E-state index contributed by atoms with van der Waals surface area (Å²) in [6.07, 6.45) is 0. The van der Waals surface area contributed by atoms with E-state index in [-0.39, 0.29) is 24.3 Å². The van der Waals surface area contributed by atoms with E-state index in [1.165, 1.54) is 7.11 Å². The van der Waals surface area contributed by atoms with Crippen LogP contribution in [0.15, 0.2) is 34.4 Å². The van der Waals surface area contributed by atoms with Crippen LogP contribution in [0.1, 0.15) is 24.3 Å². The Kier molecular flexibility index (Phi) is 6.80. The van der Waals surface area contributed by atoms with Gasteiger partial charge in [0.05, 0.1) is 24.8 Å². The fourth-order valence-corrected chi connectivity index (χ4v) is 3.70. The Hall–Kier alpha value is -3.24. The molecule has 10 heteroatoms. The minimum atomic E-state index is -0.658. The summed E-state index contributed by atoms with van der Waals surface area (Å²) in [4.78, 5) is 37.9. The van der Waals surface area contributed by atoms with E-state index >= 15 is 0 Å². The van der Waals surface area contributed by atoms with Crippen molar-refractivity contribution in [3.05, 3.63) is 45.7 Å². The Bertz CT molecular complexity index is 1120.